The average Bonchev–Trinajstić information content (AvgIpc) is 3.19. The van der Waals surface area contributed by atoms with Gasteiger partial charge in [0.1, 0.15) is 16.9 Å². The summed E-state index contributed by atoms with van der Waals surface area (Å²) in [6.07, 6.45) is 3.76. The Labute approximate surface area is 115 Å². The molecular formula is C12H14ClN3O3. The van der Waals surface area contributed by atoms with Crippen molar-refractivity contribution < 1.29 is 9.72 Å². The molecule has 2 rings (SSSR count). The number of nitrogens with zero attached hydrogens (tertiary/aromatic N) is 3. The predicted octanol–water partition coefficient (Wildman–Crippen LogP) is 2.66. The molecule has 1 aliphatic rings. The highest BCUT2D eigenvalue weighted by Gasteiger charge is 2.35. The minimum Gasteiger partial charge on any atom is -0.335 e. The first kappa shape index (κ1) is 13.7. The molecule has 0 saturated heterocycles. The topological polar surface area (TPSA) is 76.3 Å². The van der Waals surface area contributed by atoms with Gasteiger partial charge in [-0.05, 0) is 25.3 Å². The van der Waals surface area contributed by atoms with E-state index in [0.29, 0.717) is 6.54 Å². The predicted molar refractivity (Wildman–Crippen MR) is 70.3 cm³/mol. The van der Waals surface area contributed by atoms with Gasteiger partial charge >= 0.3 is 0 Å². The van der Waals surface area contributed by atoms with Crippen LogP contribution in [0, 0.1) is 10.1 Å². The van der Waals surface area contributed by atoms with Crippen molar-refractivity contribution in [3.63, 3.8) is 0 Å². The van der Waals surface area contributed by atoms with E-state index in [1.54, 1.807) is 4.90 Å². The van der Waals surface area contributed by atoms with Crippen LogP contribution in [0.5, 0.6) is 0 Å². The number of halogens is 1. The molecule has 0 bridgehead atoms. The highest BCUT2D eigenvalue weighted by atomic mass is 35.5. The van der Waals surface area contributed by atoms with Crippen molar-refractivity contribution in [3.8, 4) is 0 Å². The lowest BCUT2D eigenvalue weighted by Crippen LogP contribution is -2.34. The third-order valence-electron chi connectivity index (χ3n) is 2.99. The van der Waals surface area contributed by atoms with Crippen molar-refractivity contribution in [2.24, 2.45) is 0 Å². The second kappa shape index (κ2) is 5.52. The summed E-state index contributed by atoms with van der Waals surface area (Å²) in [5.74, 6) is -0.333. The molecule has 0 spiro atoms. The third kappa shape index (κ3) is 3.01. The summed E-state index contributed by atoms with van der Waals surface area (Å²) in [5, 5.41) is 11.0. The maximum absolute atomic E-state index is 12.4. The normalized spacial score (nSPS) is 14.2. The quantitative estimate of drug-likeness (QED) is 0.473. The van der Waals surface area contributed by atoms with E-state index in [0.717, 1.165) is 25.5 Å². The largest absolute Gasteiger partial charge is 0.335 e. The maximum Gasteiger partial charge on any atom is 0.300 e. The molecule has 0 radical (unpaired) electrons. The first-order valence-corrected chi connectivity index (χ1v) is 6.53. The van der Waals surface area contributed by atoms with Crippen LogP contribution in [0.3, 0.4) is 0 Å². The molecule has 19 heavy (non-hydrogen) atoms. The van der Waals surface area contributed by atoms with Crippen LogP contribution in [0.2, 0.25) is 5.15 Å². The van der Waals surface area contributed by atoms with Gasteiger partial charge in [-0.25, -0.2) is 4.98 Å². The molecule has 1 aliphatic carbocycles. The van der Waals surface area contributed by atoms with Gasteiger partial charge in [-0.2, -0.15) is 0 Å². The van der Waals surface area contributed by atoms with Crippen LogP contribution in [-0.2, 0) is 0 Å². The second-order valence-electron chi connectivity index (χ2n) is 4.51. The van der Waals surface area contributed by atoms with Crippen molar-refractivity contribution in [1.82, 2.24) is 9.88 Å². The molecule has 1 aromatic rings. The zero-order valence-corrected chi connectivity index (χ0v) is 11.3. The number of pyridine rings is 1. The number of carbonyl (C=O) groups is 1. The Bertz CT molecular complexity index is 517. The smallest absolute Gasteiger partial charge is 0.300 e. The van der Waals surface area contributed by atoms with Crippen LogP contribution in [0.1, 0.15) is 36.5 Å². The Morgan fingerprint density at radius 1 is 1.63 bits per heavy atom. The summed E-state index contributed by atoms with van der Waals surface area (Å²) in [4.78, 5) is 28.1. The van der Waals surface area contributed by atoms with Gasteiger partial charge in [0.2, 0.25) is 0 Å². The van der Waals surface area contributed by atoms with Gasteiger partial charge in [-0.3, -0.25) is 14.9 Å². The lowest BCUT2D eigenvalue weighted by Gasteiger charge is -2.21. The highest BCUT2D eigenvalue weighted by molar-refractivity contribution is 6.29. The van der Waals surface area contributed by atoms with E-state index in [1.807, 2.05) is 6.92 Å². The molecule has 0 aliphatic heterocycles. The lowest BCUT2D eigenvalue weighted by molar-refractivity contribution is -0.385. The average molecular weight is 284 g/mol. The van der Waals surface area contributed by atoms with Gasteiger partial charge < -0.3 is 4.90 Å². The number of hydrogen-bond donors (Lipinski definition) is 0. The summed E-state index contributed by atoms with van der Waals surface area (Å²) in [5.41, 5.74) is -0.276. The first-order chi connectivity index (χ1) is 9.04. The highest BCUT2D eigenvalue weighted by Crippen LogP contribution is 2.30. The van der Waals surface area contributed by atoms with E-state index >= 15 is 0 Å². The van der Waals surface area contributed by atoms with Crippen LogP contribution in [0.25, 0.3) is 0 Å². The minimum absolute atomic E-state index is 0.0188. The van der Waals surface area contributed by atoms with Crippen molar-refractivity contribution in [3.05, 3.63) is 33.1 Å². The molecule has 102 valence electrons. The van der Waals surface area contributed by atoms with Crippen LogP contribution >= 0.6 is 11.6 Å². The van der Waals surface area contributed by atoms with E-state index in [-0.39, 0.29) is 28.4 Å². The SMILES string of the molecule is CCCN(C(=O)c1cc(Cl)ncc1[N+](=O)[O-])C1CC1. The fourth-order valence-corrected chi connectivity index (χ4v) is 2.13. The summed E-state index contributed by atoms with van der Waals surface area (Å²) in [6.45, 7) is 2.57. The van der Waals surface area contributed by atoms with Gasteiger partial charge in [0, 0.05) is 12.6 Å². The van der Waals surface area contributed by atoms with Gasteiger partial charge in [-0.15, -0.1) is 0 Å². The molecule has 1 saturated carbocycles. The number of hydrogen-bond acceptors (Lipinski definition) is 4. The van der Waals surface area contributed by atoms with E-state index in [1.165, 1.54) is 6.07 Å². The monoisotopic (exact) mass is 283 g/mol. The molecule has 1 fully saturated rings. The van der Waals surface area contributed by atoms with Crippen molar-refractivity contribution >= 4 is 23.2 Å². The van der Waals surface area contributed by atoms with Gasteiger partial charge in [-0.1, -0.05) is 18.5 Å². The van der Waals surface area contributed by atoms with Gasteiger partial charge in [0.15, 0.2) is 0 Å². The standard InChI is InChI=1S/C12H14ClN3O3/c1-2-5-15(8-3-4-8)12(17)9-6-11(13)14-7-10(9)16(18)19/h6-8H,2-5H2,1H3. The Kier molecular flexibility index (Phi) is 3.99. The van der Waals surface area contributed by atoms with E-state index in [9.17, 15) is 14.9 Å². The molecule has 1 amide bonds. The third-order valence-corrected chi connectivity index (χ3v) is 3.20. The Hall–Kier alpha value is -1.69. The summed E-state index contributed by atoms with van der Waals surface area (Å²) < 4.78 is 0. The second-order valence-corrected chi connectivity index (χ2v) is 4.90. The van der Waals surface area contributed by atoms with E-state index < -0.39 is 4.92 Å². The van der Waals surface area contributed by atoms with Crippen molar-refractivity contribution in [2.75, 3.05) is 6.54 Å². The number of amides is 1. The molecule has 1 heterocycles. The molecule has 0 unspecified atom stereocenters. The Morgan fingerprint density at radius 3 is 2.84 bits per heavy atom. The summed E-state index contributed by atoms with van der Waals surface area (Å²) in [7, 11) is 0. The molecule has 0 atom stereocenters. The van der Waals surface area contributed by atoms with Gasteiger partial charge in [0.25, 0.3) is 11.6 Å². The van der Waals surface area contributed by atoms with Crippen LogP contribution in [0.15, 0.2) is 12.3 Å². The first-order valence-electron chi connectivity index (χ1n) is 6.15. The number of aromatic nitrogens is 1. The molecule has 0 aromatic carbocycles. The molecule has 6 nitrogen and oxygen atoms in total. The zero-order chi connectivity index (χ0) is 14.0. The number of nitro groups is 1. The Morgan fingerprint density at radius 2 is 2.32 bits per heavy atom. The zero-order valence-electron chi connectivity index (χ0n) is 10.5. The maximum atomic E-state index is 12.4. The molecule has 7 heteroatoms. The fourth-order valence-electron chi connectivity index (χ4n) is 1.97. The van der Waals surface area contributed by atoms with E-state index in [4.69, 9.17) is 11.6 Å². The Balaban J connectivity index is 2.35. The number of rotatable bonds is 5. The van der Waals surface area contributed by atoms with Crippen LogP contribution < -0.4 is 0 Å². The summed E-state index contributed by atoms with van der Waals surface area (Å²) in [6, 6.07) is 1.48. The van der Waals surface area contributed by atoms with Crippen molar-refractivity contribution in [1.29, 1.82) is 0 Å². The number of carbonyl (C=O) groups excluding carboxylic acids is 1. The molecule has 0 N–H and O–H groups in total. The minimum atomic E-state index is -0.604. The van der Waals surface area contributed by atoms with Crippen LogP contribution in [0.4, 0.5) is 5.69 Å². The lowest BCUT2D eigenvalue weighted by atomic mass is 10.2. The van der Waals surface area contributed by atoms with E-state index in [2.05, 4.69) is 4.98 Å². The summed E-state index contributed by atoms with van der Waals surface area (Å²) >= 11 is 5.74. The molecular weight excluding hydrogens is 270 g/mol. The van der Waals surface area contributed by atoms with Gasteiger partial charge in [0.05, 0.1) is 4.92 Å². The van der Waals surface area contributed by atoms with Crippen LogP contribution in [-0.4, -0.2) is 33.3 Å². The molecule has 1 aromatic heterocycles. The fraction of sp³-hybridized carbons (Fsp3) is 0.500. The van der Waals surface area contributed by atoms with Crippen molar-refractivity contribution in [2.45, 2.75) is 32.2 Å².